The van der Waals surface area contributed by atoms with Crippen LogP contribution in [-0.4, -0.2) is 55.2 Å². The molecule has 1 fully saturated rings. The molecule has 0 saturated heterocycles. The van der Waals surface area contributed by atoms with Gasteiger partial charge in [-0.15, -0.1) is 0 Å². The Morgan fingerprint density at radius 1 is 1.14 bits per heavy atom. The fourth-order valence-corrected chi connectivity index (χ4v) is 4.73. The summed E-state index contributed by atoms with van der Waals surface area (Å²) in [4.78, 5) is 28.3. The van der Waals surface area contributed by atoms with Crippen LogP contribution in [0.2, 0.25) is 0 Å². The Balaban J connectivity index is 1.79. The second-order valence-corrected chi connectivity index (χ2v) is 7.75. The summed E-state index contributed by atoms with van der Waals surface area (Å²) < 4.78 is 16.9. The lowest BCUT2D eigenvalue weighted by atomic mass is 9.77. The second-order valence-electron chi connectivity index (χ2n) is 7.75. The summed E-state index contributed by atoms with van der Waals surface area (Å²) in [6.07, 6.45) is 3.84. The predicted molar refractivity (Wildman–Crippen MR) is 105 cm³/mol. The van der Waals surface area contributed by atoms with E-state index in [0.29, 0.717) is 30.0 Å². The number of amides is 1. The van der Waals surface area contributed by atoms with Crippen LogP contribution in [0.25, 0.3) is 0 Å². The van der Waals surface area contributed by atoms with Crippen molar-refractivity contribution in [2.75, 3.05) is 27.4 Å². The molecular weight excluding hydrogens is 374 g/mol. The standard InChI is InChI=1S/C22H27NO6/c1-27-16-9-8-13(12-17(16)28-2)19-18-20(25)14-6-3-4-7-15(14)29-21(18)22(26)23(19)10-5-11-24/h8-9,12,14-15,19,24H,3-7,10-11H2,1-2H3. The molecule has 3 atom stereocenters. The van der Waals surface area contributed by atoms with Gasteiger partial charge in [0.05, 0.1) is 31.8 Å². The van der Waals surface area contributed by atoms with Gasteiger partial charge in [0, 0.05) is 13.2 Å². The lowest BCUT2D eigenvalue weighted by Crippen LogP contribution is -2.39. The largest absolute Gasteiger partial charge is 0.493 e. The third-order valence-electron chi connectivity index (χ3n) is 6.14. The maximum absolute atomic E-state index is 13.4. The van der Waals surface area contributed by atoms with E-state index in [9.17, 15) is 14.7 Å². The molecule has 1 aromatic rings. The molecule has 156 valence electrons. The molecule has 7 heteroatoms. The Morgan fingerprint density at radius 3 is 2.62 bits per heavy atom. The van der Waals surface area contributed by atoms with Crippen LogP contribution in [-0.2, 0) is 14.3 Å². The molecule has 1 saturated carbocycles. The highest BCUT2D eigenvalue weighted by molar-refractivity contribution is 6.11. The molecule has 0 bridgehead atoms. The van der Waals surface area contributed by atoms with E-state index in [-0.39, 0.29) is 36.1 Å². The number of carbonyl (C=O) groups is 2. The zero-order valence-electron chi connectivity index (χ0n) is 16.8. The number of Topliss-reactive ketones (excluding diaryl/α,β-unsaturated/α-hetero) is 1. The number of aliphatic hydroxyl groups is 1. The van der Waals surface area contributed by atoms with E-state index in [0.717, 1.165) is 31.2 Å². The van der Waals surface area contributed by atoms with Crippen LogP contribution in [0.4, 0.5) is 0 Å². The summed E-state index contributed by atoms with van der Waals surface area (Å²) in [5, 5.41) is 9.31. The number of ether oxygens (including phenoxy) is 3. The van der Waals surface area contributed by atoms with E-state index in [2.05, 4.69) is 0 Å². The van der Waals surface area contributed by atoms with Gasteiger partial charge in [-0.05, 0) is 43.4 Å². The van der Waals surface area contributed by atoms with Crippen LogP contribution in [0.5, 0.6) is 11.5 Å². The first-order valence-corrected chi connectivity index (χ1v) is 10.2. The van der Waals surface area contributed by atoms with Gasteiger partial charge in [-0.2, -0.15) is 0 Å². The summed E-state index contributed by atoms with van der Waals surface area (Å²) in [6, 6.07) is 4.89. The minimum absolute atomic E-state index is 0.0237. The number of fused-ring (bicyclic) bond motifs is 1. The number of hydrogen-bond acceptors (Lipinski definition) is 6. The second kappa shape index (κ2) is 8.06. The van der Waals surface area contributed by atoms with Gasteiger partial charge in [0.15, 0.2) is 23.0 Å². The van der Waals surface area contributed by atoms with Gasteiger partial charge >= 0.3 is 0 Å². The molecule has 2 heterocycles. The number of hydrogen-bond donors (Lipinski definition) is 1. The van der Waals surface area contributed by atoms with Crippen molar-refractivity contribution < 1.29 is 28.9 Å². The fourth-order valence-electron chi connectivity index (χ4n) is 4.73. The van der Waals surface area contributed by atoms with Crippen molar-refractivity contribution in [1.29, 1.82) is 0 Å². The molecule has 0 spiro atoms. The van der Waals surface area contributed by atoms with Crippen molar-refractivity contribution in [2.45, 2.75) is 44.2 Å². The van der Waals surface area contributed by atoms with Crippen LogP contribution in [0, 0.1) is 5.92 Å². The number of carbonyl (C=O) groups excluding carboxylic acids is 2. The van der Waals surface area contributed by atoms with Gasteiger partial charge < -0.3 is 24.2 Å². The zero-order chi connectivity index (χ0) is 20.5. The molecule has 0 aromatic heterocycles. The van der Waals surface area contributed by atoms with Crippen molar-refractivity contribution in [3.63, 3.8) is 0 Å². The first-order valence-electron chi connectivity index (χ1n) is 10.2. The minimum atomic E-state index is -0.542. The van der Waals surface area contributed by atoms with Crippen molar-refractivity contribution >= 4 is 11.7 Å². The van der Waals surface area contributed by atoms with Crippen molar-refractivity contribution in [2.24, 2.45) is 5.92 Å². The highest BCUT2D eigenvalue weighted by atomic mass is 16.5. The Kier molecular flexibility index (Phi) is 5.50. The van der Waals surface area contributed by atoms with Gasteiger partial charge in [0.1, 0.15) is 6.10 Å². The van der Waals surface area contributed by atoms with Crippen LogP contribution in [0.15, 0.2) is 29.5 Å². The van der Waals surface area contributed by atoms with Crippen LogP contribution < -0.4 is 9.47 Å². The summed E-state index contributed by atoms with van der Waals surface area (Å²) in [6.45, 7) is 0.306. The Hall–Kier alpha value is -2.54. The SMILES string of the molecule is COc1ccc(C2C3=C(OC4CCCCC4C3=O)C(=O)N2CCCO)cc1OC. The lowest BCUT2D eigenvalue weighted by molar-refractivity contribution is -0.135. The molecule has 3 aliphatic rings. The molecule has 1 aromatic carbocycles. The average Bonchev–Trinajstić information content (AvgIpc) is 3.03. The molecule has 1 N–H and O–H groups in total. The number of ketones is 1. The Labute approximate surface area is 170 Å². The monoisotopic (exact) mass is 401 g/mol. The van der Waals surface area contributed by atoms with Gasteiger partial charge in [-0.25, -0.2) is 0 Å². The van der Waals surface area contributed by atoms with Crippen molar-refractivity contribution in [1.82, 2.24) is 4.90 Å². The maximum atomic E-state index is 13.4. The minimum Gasteiger partial charge on any atom is -0.493 e. The van der Waals surface area contributed by atoms with E-state index in [4.69, 9.17) is 14.2 Å². The first kappa shape index (κ1) is 19.8. The summed E-state index contributed by atoms with van der Waals surface area (Å²) in [5.74, 6) is 0.872. The molecule has 7 nitrogen and oxygen atoms in total. The number of methoxy groups -OCH3 is 2. The third-order valence-corrected chi connectivity index (χ3v) is 6.14. The van der Waals surface area contributed by atoms with E-state index < -0.39 is 6.04 Å². The number of benzene rings is 1. The van der Waals surface area contributed by atoms with Gasteiger partial charge in [-0.1, -0.05) is 12.5 Å². The maximum Gasteiger partial charge on any atom is 0.290 e. The van der Waals surface area contributed by atoms with Crippen molar-refractivity contribution in [3.05, 3.63) is 35.1 Å². The summed E-state index contributed by atoms with van der Waals surface area (Å²) >= 11 is 0. The topological polar surface area (TPSA) is 85.3 Å². The molecule has 4 rings (SSSR count). The Morgan fingerprint density at radius 2 is 1.90 bits per heavy atom. The predicted octanol–water partition coefficient (Wildman–Crippen LogP) is 2.38. The Bertz CT molecular complexity index is 848. The van der Waals surface area contributed by atoms with Crippen LogP contribution in [0.1, 0.15) is 43.7 Å². The van der Waals surface area contributed by atoms with E-state index >= 15 is 0 Å². The molecule has 29 heavy (non-hydrogen) atoms. The highest BCUT2D eigenvalue weighted by Crippen LogP contribution is 2.47. The number of rotatable bonds is 6. The van der Waals surface area contributed by atoms with Crippen LogP contribution in [0.3, 0.4) is 0 Å². The first-order chi connectivity index (χ1) is 14.1. The summed E-state index contributed by atoms with van der Waals surface area (Å²) in [7, 11) is 3.11. The number of aliphatic hydroxyl groups excluding tert-OH is 1. The normalized spacial score (nSPS) is 26.2. The molecule has 3 unspecified atom stereocenters. The van der Waals surface area contributed by atoms with Gasteiger partial charge in [0.2, 0.25) is 0 Å². The molecular formula is C22H27NO6. The van der Waals surface area contributed by atoms with Gasteiger partial charge in [0.25, 0.3) is 5.91 Å². The van der Waals surface area contributed by atoms with Gasteiger partial charge in [-0.3, -0.25) is 9.59 Å². The van der Waals surface area contributed by atoms with E-state index in [1.807, 2.05) is 6.07 Å². The fraction of sp³-hybridized carbons (Fsp3) is 0.545. The third kappa shape index (κ3) is 3.27. The molecule has 1 aliphatic carbocycles. The van der Waals surface area contributed by atoms with Crippen molar-refractivity contribution in [3.8, 4) is 11.5 Å². The molecule has 0 radical (unpaired) electrons. The zero-order valence-corrected chi connectivity index (χ0v) is 16.8. The highest BCUT2D eigenvalue weighted by Gasteiger charge is 2.51. The van der Waals surface area contributed by atoms with E-state index in [1.54, 1.807) is 31.3 Å². The van der Waals surface area contributed by atoms with Crippen LogP contribution >= 0.6 is 0 Å². The lowest BCUT2D eigenvalue weighted by Gasteiger charge is -2.35. The molecule has 1 amide bonds. The van der Waals surface area contributed by atoms with E-state index in [1.165, 1.54) is 0 Å². The molecule has 2 aliphatic heterocycles. The smallest absolute Gasteiger partial charge is 0.290 e. The average molecular weight is 401 g/mol. The summed E-state index contributed by atoms with van der Waals surface area (Å²) in [5.41, 5.74) is 1.22. The quantitative estimate of drug-likeness (QED) is 0.788. The number of nitrogens with zero attached hydrogens (tertiary/aromatic N) is 1.